The van der Waals surface area contributed by atoms with E-state index in [0.717, 1.165) is 10.3 Å². The van der Waals surface area contributed by atoms with Crippen LogP contribution in [0, 0.1) is 5.92 Å². The van der Waals surface area contributed by atoms with E-state index in [1.807, 2.05) is 0 Å². The van der Waals surface area contributed by atoms with Gasteiger partial charge in [-0.2, -0.15) is 0 Å². The van der Waals surface area contributed by atoms with Gasteiger partial charge in [-0.3, -0.25) is 0 Å². The van der Waals surface area contributed by atoms with Crippen LogP contribution in [0.2, 0.25) is 0 Å². The molecule has 0 radical (unpaired) electrons. The lowest BCUT2D eigenvalue weighted by molar-refractivity contribution is 0.644. The Morgan fingerprint density at radius 2 is 1.73 bits per heavy atom. The summed E-state index contributed by atoms with van der Waals surface area (Å²) in [5.41, 5.74) is 4.52. The number of hydrogen-bond donors (Lipinski definition) is 0. The average Bonchev–Trinajstić information content (AvgIpc) is 2.17. The van der Waals surface area contributed by atoms with E-state index in [2.05, 4.69) is 68.5 Å². The van der Waals surface area contributed by atoms with Gasteiger partial charge in [0.1, 0.15) is 0 Å². The molecule has 0 fully saturated rings. The Balaban J connectivity index is 2.98. The third kappa shape index (κ3) is 3.78. The highest BCUT2D eigenvalue weighted by atomic mass is 127. The summed E-state index contributed by atoms with van der Waals surface area (Å²) in [7, 11) is 0. The highest BCUT2D eigenvalue weighted by molar-refractivity contribution is 14.1. The van der Waals surface area contributed by atoms with E-state index >= 15 is 0 Å². The van der Waals surface area contributed by atoms with Gasteiger partial charge < -0.3 is 0 Å². The Morgan fingerprint density at radius 3 is 2.20 bits per heavy atom. The molecule has 0 unspecified atom stereocenters. The van der Waals surface area contributed by atoms with Gasteiger partial charge in [-0.15, -0.1) is 0 Å². The highest BCUT2D eigenvalue weighted by Gasteiger charge is 2.06. The Kier molecular flexibility index (Phi) is 5.10. The number of benzene rings is 1. The molecule has 0 saturated heterocycles. The average molecular weight is 316 g/mol. The van der Waals surface area contributed by atoms with Crippen LogP contribution in [0.25, 0.3) is 0 Å². The quantitative estimate of drug-likeness (QED) is 0.545. The summed E-state index contributed by atoms with van der Waals surface area (Å²) < 4.78 is 1.13. The van der Waals surface area contributed by atoms with Crippen molar-refractivity contribution in [2.45, 2.75) is 44.5 Å². The van der Waals surface area contributed by atoms with Gasteiger partial charge >= 0.3 is 0 Å². The first kappa shape index (κ1) is 13.0. The molecular weight excluding hydrogens is 295 g/mol. The minimum Gasteiger partial charge on any atom is -0.0812 e. The molecule has 1 aromatic carbocycles. The Bertz CT molecular complexity index is 313. The minimum absolute atomic E-state index is 0.639. The number of rotatable bonds is 4. The fourth-order valence-corrected chi connectivity index (χ4v) is 2.48. The molecule has 1 rings (SSSR count). The summed E-state index contributed by atoms with van der Waals surface area (Å²) in [5.74, 6) is 1.39. The van der Waals surface area contributed by atoms with Gasteiger partial charge in [0.05, 0.1) is 0 Å². The standard InChI is InChI=1S/C14H21I/c1-10(2)7-13-6-5-12(11(3)4)8-14(13)9-15/h5-6,8,10-11H,7,9H2,1-4H3. The third-order valence-corrected chi connectivity index (χ3v) is 3.49. The van der Waals surface area contributed by atoms with E-state index in [9.17, 15) is 0 Å². The number of alkyl halides is 1. The molecule has 1 aromatic rings. The van der Waals surface area contributed by atoms with Crippen LogP contribution in [0.4, 0.5) is 0 Å². The normalized spacial score (nSPS) is 11.4. The summed E-state index contributed by atoms with van der Waals surface area (Å²) in [6, 6.07) is 7.00. The fraction of sp³-hybridized carbons (Fsp3) is 0.571. The molecule has 84 valence electrons. The van der Waals surface area contributed by atoms with Gasteiger partial charge in [-0.1, -0.05) is 68.5 Å². The number of halogens is 1. The van der Waals surface area contributed by atoms with Crippen LogP contribution in [0.3, 0.4) is 0 Å². The summed E-state index contributed by atoms with van der Waals surface area (Å²) in [4.78, 5) is 0. The first-order valence-electron chi connectivity index (χ1n) is 5.72. The zero-order valence-corrected chi connectivity index (χ0v) is 12.3. The van der Waals surface area contributed by atoms with Crippen LogP contribution >= 0.6 is 22.6 Å². The monoisotopic (exact) mass is 316 g/mol. The molecule has 0 heterocycles. The van der Waals surface area contributed by atoms with Crippen molar-refractivity contribution in [1.29, 1.82) is 0 Å². The van der Waals surface area contributed by atoms with E-state index in [1.54, 1.807) is 0 Å². The summed E-state index contributed by atoms with van der Waals surface area (Å²) in [5, 5.41) is 0. The molecule has 1 heteroatoms. The van der Waals surface area contributed by atoms with Crippen molar-refractivity contribution >= 4 is 22.6 Å². The summed E-state index contributed by atoms with van der Waals surface area (Å²) in [6.07, 6.45) is 1.21. The zero-order chi connectivity index (χ0) is 11.4. The molecule has 0 aliphatic carbocycles. The van der Waals surface area contributed by atoms with E-state index in [0.29, 0.717) is 5.92 Å². The number of hydrogen-bond acceptors (Lipinski definition) is 0. The van der Waals surface area contributed by atoms with Gasteiger partial charge in [0.2, 0.25) is 0 Å². The Hall–Kier alpha value is -0.0500. The van der Waals surface area contributed by atoms with Gasteiger partial charge in [0, 0.05) is 4.43 Å². The first-order chi connectivity index (χ1) is 7.04. The van der Waals surface area contributed by atoms with Crippen LogP contribution < -0.4 is 0 Å². The van der Waals surface area contributed by atoms with E-state index in [1.165, 1.54) is 23.1 Å². The second-order valence-corrected chi connectivity index (χ2v) is 5.68. The van der Waals surface area contributed by atoms with Gasteiger partial charge in [0.25, 0.3) is 0 Å². The molecule has 0 N–H and O–H groups in total. The Morgan fingerprint density at radius 1 is 1.07 bits per heavy atom. The lowest BCUT2D eigenvalue weighted by atomic mass is 9.94. The molecule has 0 amide bonds. The lowest BCUT2D eigenvalue weighted by Gasteiger charge is -2.13. The van der Waals surface area contributed by atoms with Crippen molar-refractivity contribution in [1.82, 2.24) is 0 Å². The molecule has 0 aliphatic rings. The van der Waals surface area contributed by atoms with E-state index in [4.69, 9.17) is 0 Å². The maximum Gasteiger partial charge on any atom is 0.0249 e. The second-order valence-electron chi connectivity index (χ2n) is 4.91. The van der Waals surface area contributed by atoms with Gasteiger partial charge in [-0.25, -0.2) is 0 Å². The molecule has 0 nitrogen and oxygen atoms in total. The van der Waals surface area contributed by atoms with Crippen molar-refractivity contribution in [2.24, 2.45) is 5.92 Å². The topological polar surface area (TPSA) is 0 Å². The maximum absolute atomic E-state index is 2.47. The predicted molar refractivity (Wildman–Crippen MR) is 76.8 cm³/mol. The largest absolute Gasteiger partial charge is 0.0812 e. The van der Waals surface area contributed by atoms with Crippen molar-refractivity contribution in [3.05, 3.63) is 34.9 Å². The smallest absolute Gasteiger partial charge is 0.0249 e. The van der Waals surface area contributed by atoms with Crippen molar-refractivity contribution in [3.63, 3.8) is 0 Å². The molecule has 0 saturated carbocycles. The zero-order valence-electron chi connectivity index (χ0n) is 10.2. The van der Waals surface area contributed by atoms with E-state index < -0.39 is 0 Å². The predicted octanol–water partition coefficient (Wildman–Crippen LogP) is 4.94. The molecule has 15 heavy (non-hydrogen) atoms. The maximum atomic E-state index is 2.47. The Labute approximate surface area is 108 Å². The molecule has 0 atom stereocenters. The van der Waals surface area contributed by atoms with E-state index in [-0.39, 0.29) is 0 Å². The first-order valence-corrected chi connectivity index (χ1v) is 7.24. The molecular formula is C14H21I. The summed E-state index contributed by atoms with van der Waals surface area (Å²) in [6.45, 7) is 9.09. The molecule has 0 bridgehead atoms. The van der Waals surface area contributed by atoms with Crippen LogP contribution in [0.1, 0.15) is 50.3 Å². The summed E-state index contributed by atoms with van der Waals surface area (Å²) >= 11 is 2.47. The van der Waals surface area contributed by atoms with Crippen LogP contribution in [-0.4, -0.2) is 0 Å². The molecule has 0 spiro atoms. The minimum atomic E-state index is 0.639. The van der Waals surface area contributed by atoms with Crippen LogP contribution in [0.5, 0.6) is 0 Å². The van der Waals surface area contributed by atoms with Crippen LogP contribution in [-0.2, 0) is 10.8 Å². The van der Waals surface area contributed by atoms with Crippen molar-refractivity contribution in [2.75, 3.05) is 0 Å². The second kappa shape index (κ2) is 5.88. The molecule has 0 aromatic heterocycles. The van der Waals surface area contributed by atoms with Gasteiger partial charge in [-0.05, 0) is 34.9 Å². The SMILES string of the molecule is CC(C)Cc1ccc(C(C)C)cc1CI. The highest BCUT2D eigenvalue weighted by Crippen LogP contribution is 2.22. The van der Waals surface area contributed by atoms with Crippen LogP contribution in [0.15, 0.2) is 18.2 Å². The van der Waals surface area contributed by atoms with Crippen molar-refractivity contribution < 1.29 is 0 Å². The van der Waals surface area contributed by atoms with Gasteiger partial charge in [0.15, 0.2) is 0 Å². The third-order valence-electron chi connectivity index (χ3n) is 2.67. The van der Waals surface area contributed by atoms with Crippen molar-refractivity contribution in [3.8, 4) is 0 Å². The lowest BCUT2D eigenvalue weighted by Crippen LogP contribution is -2.00. The molecule has 0 aliphatic heterocycles. The fourth-order valence-electron chi connectivity index (χ4n) is 1.77.